The van der Waals surface area contributed by atoms with Crippen LogP contribution in [-0.4, -0.2) is 73.4 Å². The maximum Gasteiger partial charge on any atom is 0.472 e. The molecular formula is C57H108N2O6P+. The summed E-state index contributed by atoms with van der Waals surface area (Å²) < 4.78 is 23.6. The highest BCUT2D eigenvalue weighted by molar-refractivity contribution is 7.47. The Balaban J connectivity index is 4.31. The predicted octanol–water partition coefficient (Wildman–Crippen LogP) is 16.5. The molecule has 0 fully saturated rings. The van der Waals surface area contributed by atoms with E-state index in [9.17, 15) is 19.4 Å². The number of carbonyl (C=O) groups is 1. The fourth-order valence-electron chi connectivity index (χ4n) is 7.81. The van der Waals surface area contributed by atoms with Gasteiger partial charge in [0.15, 0.2) is 0 Å². The highest BCUT2D eigenvalue weighted by Crippen LogP contribution is 2.43. The molecule has 3 N–H and O–H groups in total. The molecule has 386 valence electrons. The van der Waals surface area contributed by atoms with Gasteiger partial charge in [0.2, 0.25) is 5.91 Å². The fraction of sp³-hybridized carbons (Fsp3) is 0.807. The van der Waals surface area contributed by atoms with Gasteiger partial charge in [0, 0.05) is 6.42 Å². The van der Waals surface area contributed by atoms with E-state index < -0.39 is 20.0 Å². The topological polar surface area (TPSA) is 105 Å². The minimum absolute atomic E-state index is 0.0499. The van der Waals surface area contributed by atoms with Gasteiger partial charge in [0.1, 0.15) is 13.2 Å². The van der Waals surface area contributed by atoms with Crippen LogP contribution in [-0.2, 0) is 18.4 Å². The van der Waals surface area contributed by atoms with Crippen LogP contribution in [0.5, 0.6) is 0 Å². The number of unbranched alkanes of at least 4 members (excludes halogenated alkanes) is 29. The second kappa shape index (κ2) is 48.2. The van der Waals surface area contributed by atoms with Crippen molar-refractivity contribution in [1.82, 2.24) is 5.32 Å². The zero-order chi connectivity index (χ0) is 48.5. The number of nitrogens with one attached hydrogen (secondary N) is 1. The third-order valence-electron chi connectivity index (χ3n) is 12.2. The van der Waals surface area contributed by atoms with Gasteiger partial charge in [0.05, 0.1) is 39.9 Å². The zero-order valence-electron chi connectivity index (χ0n) is 43.9. The van der Waals surface area contributed by atoms with Crippen molar-refractivity contribution in [2.24, 2.45) is 0 Å². The Morgan fingerprint density at radius 2 is 0.879 bits per heavy atom. The average molecular weight is 948 g/mol. The largest absolute Gasteiger partial charge is 0.472 e. The molecule has 0 aliphatic carbocycles. The number of phosphoric ester groups is 1. The van der Waals surface area contributed by atoms with Crippen molar-refractivity contribution in [2.75, 3.05) is 40.9 Å². The summed E-state index contributed by atoms with van der Waals surface area (Å²) in [5.74, 6) is -0.199. The maximum atomic E-state index is 12.9. The lowest BCUT2D eigenvalue weighted by Crippen LogP contribution is -2.45. The SMILES string of the molecule is CCCCC/C=C\C/C=C\CCCCCCCCCC(=O)NC(COP(=O)(O)OCC[N+](C)(C)C)C(O)/C=C/CC/C=C/CC/C=C/CCCCCCCCCCCCCCCCCCC. The van der Waals surface area contributed by atoms with Crippen LogP contribution in [0.25, 0.3) is 0 Å². The molecule has 0 aliphatic rings. The summed E-state index contributed by atoms with van der Waals surface area (Å²) in [5, 5.41) is 13.9. The van der Waals surface area contributed by atoms with Gasteiger partial charge in [-0.1, -0.05) is 222 Å². The summed E-state index contributed by atoms with van der Waals surface area (Å²) in [6.45, 7) is 4.77. The molecule has 0 aromatic carbocycles. The number of likely N-dealkylation sites (N-methyl/N-ethyl adjacent to an activating group) is 1. The number of hydrogen-bond acceptors (Lipinski definition) is 5. The summed E-state index contributed by atoms with van der Waals surface area (Å²) >= 11 is 0. The number of rotatable bonds is 50. The third-order valence-corrected chi connectivity index (χ3v) is 13.2. The fourth-order valence-corrected chi connectivity index (χ4v) is 8.55. The monoisotopic (exact) mass is 948 g/mol. The van der Waals surface area contributed by atoms with Crippen molar-refractivity contribution in [2.45, 2.75) is 257 Å². The number of carbonyl (C=O) groups excluding carboxylic acids is 1. The van der Waals surface area contributed by atoms with Gasteiger partial charge in [-0.25, -0.2) is 4.57 Å². The van der Waals surface area contributed by atoms with Crippen LogP contribution in [0.15, 0.2) is 60.8 Å². The highest BCUT2D eigenvalue weighted by atomic mass is 31.2. The van der Waals surface area contributed by atoms with Crippen LogP contribution in [0, 0.1) is 0 Å². The van der Waals surface area contributed by atoms with Crippen LogP contribution in [0.4, 0.5) is 0 Å². The van der Waals surface area contributed by atoms with Crippen molar-refractivity contribution in [3.8, 4) is 0 Å². The van der Waals surface area contributed by atoms with Crippen molar-refractivity contribution in [3.05, 3.63) is 60.8 Å². The normalized spacial score (nSPS) is 14.5. The molecule has 8 nitrogen and oxygen atoms in total. The van der Waals surface area contributed by atoms with Crippen LogP contribution in [0.2, 0.25) is 0 Å². The number of phosphoric acid groups is 1. The minimum Gasteiger partial charge on any atom is -0.387 e. The Morgan fingerprint density at radius 1 is 0.515 bits per heavy atom. The van der Waals surface area contributed by atoms with E-state index in [0.29, 0.717) is 17.4 Å². The molecule has 0 radical (unpaired) electrons. The quantitative estimate of drug-likeness (QED) is 0.0243. The molecule has 0 aromatic heterocycles. The number of quaternary nitrogens is 1. The Hall–Kier alpha value is -1.80. The van der Waals surface area contributed by atoms with Gasteiger partial charge in [-0.3, -0.25) is 13.8 Å². The Labute approximate surface area is 409 Å². The minimum atomic E-state index is -4.36. The lowest BCUT2D eigenvalue weighted by Gasteiger charge is -2.25. The van der Waals surface area contributed by atoms with E-state index in [1.165, 1.54) is 161 Å². The molecule has 0 saturated carbocycles. The molecule has 0 aromatic rings. The van der Waals surface area contributed by atoms with Gasteiger partial charge in [-0.2, -0.15) is 0 Å². The van der Waals surface area contributed by atoms with E-state index in [1.54, 1.807) is 6.08 Å². The summed E-state index contributed by atoms with van der Waals surface area (Å²) in [7, 11) is 1.54. The standard InChI is InChI=1S/C57H107N2O6P/c1-6-8-10-12-14-16-18-20-22-24-25-26-27-28-29-30-31-32-33-35-36-38-40-42-44-46-48-50-56(60)55(54-65-66(62,63)64-53-52-59(3,4)5)58-57(61)51-49-47-45-43-41-39-37-34-23-21-19-17-15-13-11-9-7-2/h15,17,21,23,33,35,40,42,48,50,55-56,60H,6-14,16,18-20,22,24-32,34,36-39,41,43-47,49,51-54H2,1-5H3,(H-,58,61,62,63)/p+1/b17-15-,23-21-,35-33+,42-40+,50-48+. The Bertz CT molecular complexity index is 1260. The summed E-state index contributed by atoms with van der Waals surface area (Å²) in [6, 6.07) is -0.876. The molecule has 0 heterocycles. The number of nitrogens with zero attached hydrogens (tertiary/aromatic N) is 1. The van der Waals surface area contributed by atoms with Crippen LogP contribution in [0.1, 0.15) is 245 Å². The number of amides is 1. The lowest BCUT2D eigenvalue weighted by atomic mass is 10.0. The molecule has 0 rings (SSSR count). The molecule has 9 heteroatoms. The van der Waals surface area contributed by atoms with Gasteiger partial charge in [-0.15, -0.1) is 0 Å². The van der Waals surface area contributed by atoms with Gasteiger partial charge < -0.3 is 19.8 Å². The number of aliphatic hydroxyl groups is 1. The van der Waals surface area contributed by atoms with E-state index >= 15 is 0 Å². The molecule has 0 saturated heterocycles. The lowest BCUT2D eigenvalue weighted by molar-refractivity contribution is -0.870. The van der Waals surface area contributed by atoms with Gasteiger partial charge >= 0.3 is 7.82 Å². The van der Waals surface area contributed by atoms with E-state index in [0.717, 1.165) is 64.2 Å². The first-order chi connectivity index (χ1) is 32.0. The number of allylic oxidation sites excluding steroid dienone is 9. The molecular weight excluding hydrogens is 840 g/mol. The first-order valence-electron chi connectivity index (χ1n) is 27.7. The van der Waals surface area contributed by atoms with E-state index in [2.05, 4.69) is 67.8 Å². The molecule has 66 heavy (non-hydrogen) atoms. The van der Waals surface area contributed by atoms with Crippen LogP contribution in [0.3, 0.4) is 0 Å². The second-order valence-electron chi connectivity index (χ2n) is 19.9. The molecule has 3 atom stereocenters. The Morgan fingerprint density at radius 3 is 1.33 bits per heavy atom. The molecule has 3 unspecified atom stereocenters. The zero-order valence-corrected chi connectivity index (χ0v) is 44.8. The summed E-state index contributed by atoms with van der Waals surface area (Å²) in [4.78, 5) is 23.2. The molecule has 0 spiro atoms. The highest BCUT2D eigenvalue weighted by Gasteiger charge is 2.27. The average Bonchev–Trinajstić information content (AvgIpc) is 3.28. The first kappa shape index (κ1) is 64.2. The van der Waals surface area contributed by atoms with Crippen molar-refractivity contribution >= 4 is 13.7 Å². The first-order valence-corrected chi connectivity index (χ1v) is 29.2. The van der Waals surface area contributed by atoms with Crippen molar-refractivity contribution < 1.29 is 32.9 Å². The van der Waals surface area contributed by atoms with Gasteiger partial charge in [-0.05, 0) is 77.0 Å². The smallest absolute Gasteiger partial charge is 0.387 e. The molecule has 0 aliphatic heterocycles. The van der Waals surface area contributed by atoms with Crippen LogP contribution >= 0.6 is 7.82 Å². The third kappa shape index (κ3) is 50.1. The Kier molecular flexibility index (Phi) is 46.9. The predicted molar refractivity (Wildman–Crippen MR) is 286 cm³/mol. The second-order valence-corrected chi connectivity index (χ2v) is 21.4. The summed E-state index contributed by atoms with van der Waals surface area (Å²) in [6.07, 6.45) is 64.7. The number of aliphatic hydroxyl groups excluding tert-OH is 1. The van der Waals surface area contributed by atoms with E-state index in [4.69, 9.17) is 9.05 Å². The van der Waals surface area contributed by atoms with Crippen molar-refractivity contribution in [3.63, 3.8) is 0 Å². The van der Waals surface area contributed by atoms with E-state index in [-0.39, 0.29) is 19.1 Å². The van der Waals surface area contributed by atoms with E-state index in [1.807, 2.05) is 27.2 Å². The molecule has 1 amide bonds. The van der Waals surface area contributed by atoms with Crippen molar-refractivity contribution in [1.29, 1.82) is 0 Å². The molecule has 0 bridgehead atoms. The maximum absolute atomic E-state index is 12.9. The number of hydrogen-bond donors (Lipinski definition) is 3. The summed E-state index contributed by atoms with van der Waals surface area (Å²) in [5.41, 5.74) is 0. The van der Waals surface area contributed by atoms with Gasteiger partial charge in [0.25, 0.3) is 0 Å². The van der Waals surface area contributed by atoms with Crippen LogP contribution < -0.4 is 5.32 Å².